The maximum Gasteiger partial charge on any atom is 0.241 e. The molecular formula is C13H17ClFN3O. The van der Waals surface area contributed by atoms with Crippen LogP contribution in [0.5, 0.6) is 0 Å². The molecule has 0 aliphatic carbocycles. The summed E-state index contributed by atoms with van der Waals surface area (Å²) >= 11 is 5.89. The molecule has 1 aliphatic heterocycles. The van der Waals surface area contributed by atoms with Crippen LogP contribution >= 0.6 is 11.6 Å². The molecule has 1 aliphatic rings. The fraction of sp³-hybridized carbons (Fsp3) is 0.462. The number of amides is 1. The van der Waals surface area contributed by atoms with Crippen molar-refractivity contribution in [2.24, 2.45) is 0 Å². The lowest BCUT2D eigenvalue weighted by Crippen LogP contribution is -2.51. The molecule has 0 saturated carbocycles. The summed E-state index contributed by atoms with van der Waals surface area (Å²) in [6, 6.07) is 3.70. The van der Waals surface area contributed by atoms with Gasteiger partial charge in [-0.3, -0.25) is 9.69 Å². The van der Waals surface area contributed by atoms with Gasteiger partial charge < -0.3 is 10.6 Å². The first kappa shape index (κ1) is 14.2. The van der Waals surface area contributed by atoms with Gasteiger partial charge in [-0.05, 0) is 25.1 Å². The highest BCUT2D eigenvalue weighted by Crippen LogP contribution is 2.22. The van der Waals surface area contributed by atoms with Crippen LogP contribution in [0.15, 0.2) is 18.2 Å². The highest BCUT2D eigenvalue weighted by atomic mass is 35.5. The molecule has 0 radical (unpaired) electrons. The van der Waals surface area contributed by atoms with Gasteiger partial charge in [0, 0.05) is 26.2 Å². The SMILES string of the molecule is CC(C(=O)Nc1ccc(F)cc1Cl)N1CCNCC1. The van der Waals surface area contributed by atoms with Crippen LogP contribution in [0.4, 0.5) is 10.1 Å². The first-order valence-electron chi connectivity index (χ1n) is 6.28. The van der Waals surface area contributed by atoms with E-state index in [4.69, 9.17) is 11.6 Å². The molecule has 1 aromatic carbocycles. The molecule has 0 spiro atoms. The maximum absolute atomic E-state index is 12.9. The molecule has 1 aromatic rings. The largest absolute Gasteiger partial charge is 0.323 e. The fourth-order valence-corrected chi connectivity index (χ4v) is 2.28. The van der Waals surface area contributed by atoms with Crippen molar-refractivity contribution in [2.75, 3.05) is 31.5 Å². The fourth-order valence-electron chi connectivity index (χ4n) is 2.06. The zero-order valence-electron chi connectivity index (χ0n) is 10.7. The van der Waals surface area contributed by atoms with E-state index in [2.05, 4.69) is 15.5 Å². The smallest absolute Gasteiger partial charge is 0.241 e. The summed E-state index contributed by atoms with van der Waals surface area (Å²) in [6.07, 6.45) is 0. The lowest BCUT2D eigenvalue weighted by molar-refractivity contribution is -0.120. The number of anilines is 1. The van der Waals surface area contributed by atoms with Crippen molar-refractivity contribution in [1.29, 1.82) is 0 Å². The van der Waals surface area contributed by atoms with Crippen molar-refractivity contribution >= 4 is 23.2 Å². The zero-order chi connectivity index (χ0) is 13.8. The predicted octanol–water partition coefficient (Wildman–Crippen LogP) is 1.71. The number of hydrogen-bond acceptors (Lipinski definition) is 3. The number of halogens is 2. The Morgan fingerprint density at radius 2 is 2.16 bits per heavy atom. The van der Waals surface area contributed by atoms with Gasteiger partial charge in [0.1, 0.15) is 5.82 Å². The van der Waals surface area contributed by atoms with Crippen LogP contribution in [0.25, 0.3) is 0 Å². The Labute approximate surface area is 116 Å². The summed E-state index contributed by atoms with van der Waals surface area (Å²) in [5.74, 6) is -0.548. The summed E-state index contributed by atoms with van der Waals surface area (Å²) in [4.78, 5) is 14.2. The van der Waals surface area contributed by atoms with E-state index < -0.39 is 5.82 Å². The molecule has 0 aromatic heterocycles. The van der Waals surface area contributed by atoms with Crippen LogP contribution in [0.1, 0.15) is 6.92 Å². The zero-order valence-corrected chi connectivity index (χ0v) is 11.5. The third-order valence-corrected chi connectivity index (χ3v) is 3.58. The number of nitrogens with one attached hydrogen (secondary N) is 2. The van der Waals surface area contributed by atoms with Crippen molar-refractivity contribution in [3.05, 3.63) is 29.0 Å². The molecule has 1 fully saturated rings. The number of benzene rings is 1. The Morgan fingerprint density at radius 3 is 2.79 bits per heavy atom. The quantitative estimate of drug-likeness (QED) is 0.889. The summed E-state index contributed by atoms with van der Waals surface area (Å²) < 4.78 is 12.9. The van der Waals surface area contributed by atoms with Gasteiger partial charge in [0.15, 0.2) is 0 Å². The van der Waals surface area contributed by atoms with Crippen LogP contribution in [-0.2, 0) is 4.79 Å². The van der Waals surface area contributed by atoms with Crippen LogP contribution < -0.4 is 10.6 Å². The Balaban J connectivity index is 1.99. The Kier molecular flexibility index (Phi) is 4.74. The first-order valence-corrected chi connectivity index (χ1v) is 6.66. The van der Waals surface area contributed by atoms with Crippen LogP contribution in [-0.4, -0.2) is 43.0 Å². The van der Waals surface area contributed by atoms with Crippen molar-refractivity contribution in [1.82, 2.24) is 10.2 Å². The predicted molar refractivity (Wildman–Crippen MR) is 73.9 cm³/mol. The van der Waals surface area contributed by atoms with Crippen LogP contribution in [0.3, 0.4) is 0 Å². The van der Waals surface area contributed by atoms with E-state index in [1.165, 1.54) is 18.2 Å². The van der Waals surface area contributed by atoms with E-state index in [9.17, 15) is 9.18 Å². The van der Waals surface area contributed by atoms with E-state index in [0.717, 1.165) is 26.2 Å². The Bertz CT molecular complexity index is 463. The molecule has 1 heterocycles. The normalized spacial score (nSPS) is 18.1. The number of nitrogens with zero attached hydrogens (tertiary/aromatic N) is 1. The molecule has 2 rings (SSSR count). The van der Waals surface area contributed by atoms with E-state index in [-0.39, 0.29) is 17.0 Å². The van der Waals surface area contributed by atoms with Crippen LogP contribution in [0, 0.1) is 5.82 Å². The molecule has 1 amide bonds. The van der Waals surface area contributed by atoms with Gasteiger partial charge >= 0.3 is 0 Å². The Morgan fingerprint density at radius 1 is 1.47 bits per heavy atom. The third kappa shape index (κ3) is 3.65. The molecule has 19 heavy (non-hydrogen) atoms. The van der Waals surface area contributed by atoms with Crippen molar-refractivity contribution in [3.8, 4) is 0 Å². The molecule has 1 unspecified atom stereocenters. The highest BCUT2D eigenvalue weighted by Gasteiger charge is 2.23. The van der Waals surface area contributed by atoms with Crippen LogP contribution in [0.2, 0.25) is 5.02 Å². The van der Waals surface area contributed by atoms with Crippen molar-refractivity contribution in [3.63, 3.8) is 0 Å². The number of carbonyl (C=O) groups excluding carboxylic acids is 1. The number of piperazine rings is 1. The minimum absolute atomic E-state index is 0.129. The average Bonchev–Trinajstić information content (AvgIpc) is 2.42. The molecule has 6 heteroatoms. The lowest BCUT2D eigenvalue weighted by atomic mass is 10.2. The first-order chi connectivity index (χ1) is 9.08. The second-order valence-electron chi connectivity index (χ2n) is 4.58. The van der Waals surface area contributed by atoms with Gasteiger partial charge in [0.25, 0.3) is 0 Å². The second kappa shape index (κ2) is 6.32. The highest BCUT2D eigenvalue weighted by molar-refractivity contribution is 6.33. The van der Waals surface area contributed by atoms with E-state index in [1.807, 2.05) is 6.92 Å². The Hall–Kier alpha value is -1.17. The molecule has 2 N–H and O–H groups in total. The molecule has 0 bridgehead atoms. The van der Waals surface area contributed by atoms with E-state index >= 15 is 0 Å². The molecule has 1 saturated heterocycles. The summed E-state index contributed by atoms with van der Waals surface area (Å²) in [5.41, 5.74) is 0.440. The van der Waals surface area contributed by atoms with Crippen molar-refractivity contribution < 1.29 is 9.18 Å². The van der Waals surface area contributed by atoms with Gasteiger partial charge in [-0.25, -0.2) is 4.39 Å². The molecule has 104 valence electrons. The van der Waals surface area contributed by atoms with E-state index in [0.29, 0.717) is 5.69 Å². The number of carbonyl (C=O) groups is 1. The molecule has 4 nitrogen and oxygen atoms in total. The summed E-state index contributed by atoms with van der Waals surface area (Å²) in [7, 11) is 0. The molecule has 1 atom stereocenters. The number of hydrogen-bond donors (Lipinski definition) is 2. The standard InChI is InChI=1S/C13H17ClFN3O/c1-9(18-6-4-16-5-7-18)13(19)17-12-3-2-10(15)8-11(12)14/h2-3,8-9,16H,4-7H2,1H3,(H,17,19). The molecular weight excluding hydrogens is 269 g/mol. The number of rotatable bonds is 3. The summed E-state index contributed by atoms with van der Waals surface area (Å²) in [6.45, 7) is 5.30. The third-order valence-electron chi connectivity index (χ3n) is 3.27. The van der Waals surface area contributed by atoms with Gasteiger partial charge in [0.05, 0.1) is 16.8 Å². The monoisotopic (exact) mass is 285 g/mol. The lowest BCUT2D eigenvalue weighted by Gasteiger charge is -2.31. The van der Waals surface area contributed by atoms with Gasteiger partial charge in [0.2, 0.25) is 5.91 Å². The van der Waals surface area contributed by atoms with Gasteiger partial charge in [-0.15, -0.1) is 0 Å². The topological polar surface area (TPSA) is 44.4 Å². The van der Waals surface area contributed by atoms with Gasteiger partial charge in [-0.1, -0.05) is 11.6 Å². The van der Waals surface area contributed by atoms with E-state index in [1.54, 1.807) is 0 Å². The second-order valence-corrected chi connectivity index (χ2v) is 4.98. The maximum atomic E-state index is 12.9. The minimum Gasteiger partial charge on any atom is -0.323 e. The van der Waals surface area contributed by atoms with Gasteiger partial charge in [-0.2, -0.15) is 0 Å². The minimum atomic E-state index is -0.418. The average molecular weight is 286 g/mol. The summed E-state index contributed by atoms with van der Waals surface area (Å²) in [5, 5.41) is 6.18. The van der Waals surface area contributed by atoms with Crippen molar-refractivity contribution in [2.45, 2.75) is 13.0 Å².